The molecule has 128 valence electrons. The van der Waals surface area contributed by atoms with Gasteiger partial charge in [-0.25, -0.2) is 0 Å². The summed E-state index contributed by atoms with van der Waals surface area (Å²) in [7, 11) is 1.51. The van der Waals surface area contributed by atoms with Crippen LogP contribution in [0.15, 0.2) is 42.7 Å². The van der Waals surface area contributed by atoms with Crippen LogP contribution in [0.3, 0.4) is 0 Å². The maximum atomic E-state index is 12.2. The standard InChI is InChI=1S/C16H16N6O3/c1-11-4-3-5-12(8-11)9-21-7-6-14(18-21)17-16(23)15-13(22(24)25)10-20(2)19-15/h3-8,10H,9H2,1-2H3,(H,17,18,23). The van der Waals surface area contributed by atoms with Crippen LogP contribution in [0.4, 0.5) is 11.5 Å². The van der Waals surface area contributed by atoms with Crippen molar-refractivity contribution in [3.63, 3.8) is 0 Å². The minimum atomic E-state index is -0.673. The lowest BCUT2D eigenvalue weighted by molar-refractivity contribution is -0.385. The number of anilines is 1. The third-order valence-corrected chi connectivity index (χ3v) is 3.53. The topological polar surface area (TPSA) is 108 Å². The number of hydrogen-bond acceptors (Lipinski definition) is 5. The van der Waals surface area contributed by atoms with Crippen molar-refractivity contribution in [3.8, 4) is 0 Å². The van der Waals surface area contributed by atoms with Crippen molar-refractivity contribution in [2.45, 2.75) is 13.5 Å². The SMILES string of the molecule is Cc1cccc(Cn2ccc(NC(=O)c3nn(C)cc3[N+](=O)[O-])n2)c1. The fourth-order valence-corrected chi connectivity index (χ4v) is 2.46. The normalized spacial score (nSPS) is 10.6. The van der Waals surface area contributed by atoms with E-state index in [4.69, 9.17) is 0 Å². The van der Waals surface area contributed by atoms with E-state index in [1.54, 1.807) is 16.9 Å². The molecule has 3 rings (SSSR count). The quantitative estimate of drug-likeness (QED) is 0.565. The van der Waals surface area contributed by atoms with Crippen LogP contribution in [-0.2, 0) is 13.6 Å². The van der Waals surface area contributed by atoms with Gasteiger partial charge in [0.15, 0.2) is 5.82 Å². The third kappa shape index (κ3) is 3.71. The van der Waals surface area contributed by atoms with Crippen molar-refractivity contribution in [3.05, 3.63) is 69.7 Å². The minimum Gasteiger partial charge on any atom is -0.303 e. The first-order valence-electron chi connectivity index (χ1n) is 7.51. The van der Waals surface area contributed by atoms with E-state index in [1.807, 2.05) is 25.1 Å². The van der Waals surface area contributed by atoms with Crippen molar-refractivity contribution < 1.29 is 9.72 Å². The molecule has 0 spiro atoms. The van der Waals surface area contributed by atoms with Crippen LogP contribution < -0.4 is 5.32 Å². The average Bonchev–Trinajstić information content (AvgIpc) is 3.14. The molecule has 25 heavy (non-hydrogen) atoms. The number of nitrogens with zero attached hydrogens (tertiary/aromatic N) is 5. The Bertz CT molecular complexity index is 943. The minimum absolute atomic E-state index is 0.249. The summed E-state index contributed by atoms with van der Waals surface area (Å²) in [4.78, 5) is 22.6. The molecule has 2 aromatic heterocycles. The summed E-state index contributed by atoms with van der Waals surface area (Å²) in [6.45, 7) is 2.57. The number of aryl methyl sites for hydroxylation is 2. The molecule has 0 aliphatic rings. The molecule has 0 unspecified atom stereocenters. The van der Waals surface area contributed by atoms with Crippen molar-refractivity contribution in [2.75, 3.05) is 5.32 Å². The molecule has 1 N–H and O–H groups in total. The van der Waals surface area contributed by atoms with E-state index in [2.05, 4.69) is 21.6 Å². The second-order valence-electron chi connectivity index (χ2n) is 5.64. The smallest absolute Gasteiger partial charge is 0.303 e. The molecule has 0 saturated heterocycles. The molecule has 1 aromatic carbocycles. The first kappa shape index (κ1) is 16.4. The lowest BCUT2D eigenvalue weighted by Gasteiger charge is -2.03. The van der Waals surface area contributed by atoms with Gasteiger partial charge in [0.25, 0.3) is 5.91 Å². The van der Waals surface area contributed by atoms with Gasteiger partial charge in [0.05, 0.1) is 11.5 Å². The summed E-state index contributed by atoms with van der Waals surface area (Å²) in [5.41, 5.74) is 1.64. The van der Waals surface area contributed by atoms with Gasteiger partial charge in [0.1, 0.15) is 6.20 Å². The fourth-order valence-electron chi connectivity index (χ4n) is 2.46. The summed E-state index contributed by atoms with van der Waals surface area (Å²) >= 11 is 0. The molecule has 0 radical (unpaired) electrons. The molecule has 0 bridgehead atoms. The predicted octanol–water partition coefficient (Wildman–Crippen LogP) is 2.13. The number of carbonyl (C=O) groups is 1. The number of benzene rings is 1. The van der Waals surface area contributed by atoms with Gasteiger partial charge >= 0.3 is 5.69 Å². The van der Waals surface area contributed by atoms with Crippen LogP contribution in [0, 0.1) is 17.0 Å². The zero-order valence-electron chi connectivity index (χ0n) is 13.7. The first-order valence-corrected chi connectivity index (χ1v) is 7.51. The largest absolute Gasteiger partial charge is 0.320 e. The molecule has 9 nitrogen and oxygen atoms in total. The second-order valence-corrected chi connectivity index (χ2v) is 5.64. The highest BCUT2D eigenvalue weighted by Crippen LogP contribution is 2.17. The fraction of sp³-hybridized carbons (Fsp3) is 0.188. The summed E-state index contributed by atoms with van der Waals surface area (Å²) in [6, 6.07) is 9.65. The molecule has 0 aliphatic carbocycles. The van der Waals surface area contributed by atoms with Crippen LogP contribution in [0.2, 0.25) is 0 Å². The predicted molar refractivity (Wildman–Crippen MR) is 90.3 cm³/mol. The number of rotatable bonds is 5. The lowest BCUT2D eigenvalue weighted by atomic mass is 10.1. The van der Waals surface area contributed by atoms with E-state index in [0.717, 1.165) is 11.1 Å². The Hall–Kier alpha value is -3.49. The van der Waals surface area contributed by atoms with Gasteiger partial charge in [-0.3, -0.25) is 24.3 Å². The molecule has 0 saturated carbocycles. The lowest BCUT2D eigenvalue weighted by Crippen LogP contribution is -2.15. The van der Waals surface area contributed by atoms with E-state index in [9.17, 15) is 14.9 Å². The van der Waals surface area contributed by atoms with Gasteiger partial charge in [0, 0.05) is 19.3 Å². The maximum absolute atomic E-state index is 12.2. The molecular formula is C16H16N6O3. The van der Waals surface area contributed by atoms with E-state index < -0.39 is 10.8 Å². The zero-order valence-corrected chi connectivity index (χ0v) is 13.7. The van der Waals surface area contributed by atoms with Crippen LogP contribution in [0.1, 0.15) is 21.6 Å². The summed E-state index contributed by atoms with van der Waals surface area (Å²) in [5.74, 6) is -0.370. The number of carbonyl (C=O) groups excluding carboxylic acids is 1. The van der Waals surface area contributed by atoms with E-state index in [0.29, 0.717) is 12.4 Å². The number of nitrogens with one attached hydrogen (secondary N) is 1. The third-order valence-electron chi connectivity index (χ3n) is 3.53. The number of aromatic nitrogens is 4. The molecule has 9 heteroatoms. The molecule has 0 fully saturated rings. The van der Waals surface area contributed by atoms with Gasteiger partial charge < -0.3 is 5.32 Å². The maximum Gasteiger partial charge on any atom is 0.320 e. The van der Waals surface area contributed by atoms with E-state index in [-0.39, 0.29) is 11.4 Å². The van der Waals surface area contributed by atoms with Crippen molar-refractivity contribution >= 4 is 17.4 Å². The highest BCUT2D eigenvalue weighted by Gasteiger charge is 2.25. The number of hydrogen-bond donors (Lipinski definition) is 1. The van der Waals surface area contributed by atoms with Gasteiger partial charge in [-0.2, -0.15) is 10.2 Å². The molecule has 0 aliphatic heterocycles. The molecule has 0 atom stereocenters. The first-order chi connectivity index (χ1) is 11.9. The van der Waals surface area contributed by atoms with Gasteiger partial charge in [0.2, 0.25) is 5.69 Å². The number of nitro groups is 1. The molecule has 1 amide bonds. The van der Waals surface area contributed by atoms with Crippen molar-refractivity contribution in [1.29, 1.82) is 0 Å². The van der Waals surface area contributed by atoms with Crippen LogP contribution in [0.25, 0.3) is 0 Å². The Labute approximate surface area is 143 Å². The Kier molecular flexibility index (Phi) is 4.29. The van der Waals surface area contributed by atoms with Gasteiger partial charge in [-0.15, -0.1) is 0 Å². The van der Waals surface area contributed by atoms with Crippen LogP contribution in [0.5, 0.6) is 0 Å². The van der Waals surface area contributed by atoms with E-state index >= 15 is 0 Å². The second kappa shape index (κ2) is 6.56. The zero-order chi connectivity index (χ0) is 18.0. The summed E-state index contributed by atoms with van der Waals surface area (Å²) in [5, 5.41) is 21.6. The Morgan fingerprint density at radius 3 is 2.84 bits per heavy atom. The highest BCUT2D eigenvalue weighted by atomic mass is 16.6. The monoisotopic (exact) mass is 340 g/mol. The van der Waals surface area contributed by atoms with Crippen molar-refractivity contribution in [1.82, 2.24) is 19.6 Å². The van der Waals surface area contributed by atoms with E-state index in [1.165, 1.54) is 17.9 Å². The van der Waals surface area contributed by atoms with Crippen molar-refractivity contribution in [2.24, 2.45) is 7.05 Å². The Morgan fingerprint density at radius 1 is 1.32 bits per heavy atom. The summed E-state index contributed by atoms with van der Waals surface area (Å²) < 4.78 is 2.90. The Morgan fingerprint density at radius 2 is 2.12 bits per heavy atom. The number of amides is 1. The van der Waals surface area contributed by atoms with Gasteiger partial charge in [-0.05, 0) is 12.5 Å². The van der Waals surface area contributed by atoms with Crippen LogP contribution in [-0.4, -0.2) is 30.4 Å². The average molecular weight is 340 g/mol. The Balaban J connectivity index is 1.73. The van der Waals surface area contributed by atoms with Crippen LogP contribution >= 0.6 is 0 Å². The molecular weight excluding hydrogens is 324 g/mol. The molecule has 2 heterocycles. The highest BCUT2D eigenvalue weighted by molar-refractivity contribution is 6.04. The van der Waals surface area contributed by atoms with Gasteiger partial charge in [-0.1, -0.05) is 29.8 Å². The molecule has 3 aromatic rings. The summed E-state index contributed by atoms with van der Waals surface area (Å²) in [6.07, 6.45) is 2.91.